The van der Waals surface area contributed by atoms with Crippen molar-refractivity contribution in [2.24, 2.45) is 5.73 Å². The minimum atomic E-state index is -0.358. The third-order valence-electron chi connectivity index (χ3n) is 3.43. The van der Waals surface area contributed by atoms with Crippen LogP contribution in [0.1, 0.15) is 28.3 Å². The van der Waals surface area contributed by atoms with Crippen molar-refractivity contribution in [1.82, 2.24) is 10.2 Å². The smallest absolute Gasteiger partial charge is 0.324 e. The van der Waals surface area contributed by atoms with E-state index in [1.165, 1.54) is 10.5 Å². The SMILES string of the molecule is Cc1cc(C)c(C(N)CN2C(=O)CNC2=O)c(C)c1. The first-order valence-electron chi connectivity index (χ1n) is 6.31. The largest absolute Gasteiger partial charge is 0.329 e. The van der Waals surface area contributed by atoms with E-state index < -0.39 is 0 Å². The van der Waals surface area contributed by atoms with Gasteiger partial charge in [-0.05, 0) is 37.5 Å². The summed E-state index contributed by atoms with van der Waals surface area (Å²) in [6, 6.07) is 3.42. The zero-order valence-corrected chi connectivity index (χ0v) is 11.5. The summed E-state index contributed by atoms with van der Waals surface area (Å²) in [5, 5.41) is 2.50. The maximum Gasteiger partial charge on any atom is 0.324 e. The molecular weight excluding hydrogens is 242 g/mol. The van der Waals surface area contributed by atoms with Gasteiger partial charge in [0.25, 0.3) is 0 Å². The number of hydrogen-bond acceptors (Lipinski definition) is 3. The molecule has 2 rings (SSSR count). The number of nitrogens with two attached hydrogens (primary N) is 1. The molecule has 1 aromatic rings. The van der Waals surface area contributed by atoms with E-state index in [1.54, 1.807) is 0 Å². The third-order valence-corrected chi connectivity index (χ3v) is 3.43. The van der Waals surface area contributed by atoms with E-state index >= 15 is 0 Å². The molecule has 1 atom stereocenters. The predicted octanol–water partition coefficient (Wildman–Crippen LogP) is 1.16. The third kappa shape index (κ3) is 2.61. The van der Waals surface area contributed by atoms with E-state index in [1.807, 2.05) is 20.8 Å². The second-order valence-corrected chi connectivity index (χ2v) is 5.08. The fourth-order valence-corrected chi connectivity index (χ4v) is 2.70. The van der Waals surface area contributed by atoms with Crippen LogP contribution in [0.15, 0.2) is 12.1 Å². The quantitative estimate of drug-likeness (QED) is 0.802. The van der Waals surface area contributed by atoms with Gasteiger partial charge >= 0.3 is 6.03 Å². The maximum absolute atomic E-state index is 11.6. The minimum Gasteiger partial charge on any atom is -0.329 e. The molecule has 3 amide bonds. The molecule has 102 valence electrons. The van der Waals surface area contributed by atoms with Gasteiger partial charge in [0.15, 0.2) is 0 Å². The number of amides is 3. The number of aryl methyl sites for hydroxylation is 3. The van der Waals surface area contributed by atoms with Gasteiger partial charge in [-0.1, -0.05) is 17.7 Å². The molecule has 1 saturated heterocycles. The fourth-order valence-electron chi connectivity index (χ4n) is 2.70. The Kier molecular flexibility index (Phi) is 3.57. The molecule has 0 spiro atoms. The standard InChI is InChI=1S/C14H19N3O2/c1-8-4-9(2)13(10(3)5-8)11(15)7-17-12(18)6-16-14(17)19/h4-5,11H,6-7,15H2,1-3H3,(H,16,19). The lowest BCUT2D eigenvalue weighted by atomic mass is 9.94. The lowest BCUT2D eigenvalue weighted by molar-refractivity contribution is -0.125. The van der Waals surface area contributed by atoms with Crippen LogP contribution in [0.4, 0.5) is 4.79 Å². The molecule has 0 aliphatic carbocycles. The molecule has 1 unspecified atom stereocenters. The number of urea groups is 1. The van der Waals surface area contributed by atoms with E-state index in [2.05, 4.69) is 17.4 Å². The molecule has 0 aromatic heterocycles. The molecular formula is C14H19N3O2. The molecule has 19 heavy (non-hydrogen) atoms. The molecule has 1 heterocycles. The summed E-state index contributed by atoms with van der Waals surface area (Å²) in [6.07, 6.45) is 0. The van der Waals surface area contributed by atoms with Gasteiger partial charge < -0.3 is 11.1 Å². The maximum atomic E-state index is 11.6. The Balaban J connectivity index is 2.23. The summed E-state index contributed by atoms with van der Waals surface area (Å²) in [6.45, 7) is 6.32. The minimum absolute atomic E-state index is 0.0669. The highest BCUT2D eigenvalue weighted by atomic mass is 16.2. The van der Waals surface area contributed by atoms with E-state index in [-0.39, 0.29) is 31.1 Å². The van der Waals surface area contributed by atoms with Crippen LogP contribution >= 0.6 is 0 Å². The summed E-state index contributed by atoms with van der Waals surface area (Å²) in [4.78, 5) is 24.3. The van der Waals surface area contributed by atoms with Crippen molar-refractivity contribution >= 4 is 11.9 Å². The van der Waals surface area contributed by atoms with E-state index in [0.29, 0.717) is 0 Å². The van der Waals surface area contributed by atoms with Gasteiger partial charge in [0.05, 0.1) is 6.54 Å². The number of carbonyl (C=O) groups is 2. The summed E-state index contributed by atoms with van der Waals surface area (Å²) in [5.74, 6) is -0.220. The lowest BCUT2D eigenvalue weighted by Gasteiger charge is -2.22. The summed E-state index contributed by atoms with van der Waals surface area (Å²) in [5.41, 5.74) is 10.6. The normalized spacial score (nSPS) is 16.7. The Labute approximate surface area is 112 Å². The first-order valence-corrected chi connectivity index (χ1v) is 6.31. The highest BCUT2D eigenvalue weighted by molar-refractivity contribution is 6.01. The van der Waals surface area contributed by atoms with Gasteiger partial charge in [0, 0.05) is 12.6 Å². The average molecular weight is 261 g/mol. The van der Waals surface area contributed by atoms with Gasteiger partial charge in [0.2, 0.25) is 5.91 Å². The number of carbonyl (C=O) groups excluding carboxylic acids is 2. The van der Waals surface area contributed by atoms with Crippen LogP contribution in [0, 0.1) is 20.8 Å². The molecule has 0 radical (unpaired) electrons. The van der Waals surface area contributed by atoms with Crippen LogP contribution in [0.25, 0.3) is 0 Å². The van der Waals surface area contributed by atoms with E-state index in [0.717, 1.165) is 16.7 Å². The first-order chi connectivity index (χ1) is 8.90. The van der Waals surface area contributed by atoms with Crippen LogP contribution in [-0.4, -0.2) is 29.9 Å². The van der Waals surface area contributed by atoms with E-state index in [9.17, 15) is 9.59 Å². The average Bonchev–Trinajstić information content (AvgIpc) is 2.59. The number of nitrogens with zero attached hydrogens (tertiary/aromatic N) is 1. The Bertz CT molecular complexity index is 500. The highest BCUT2D eigenvalue weighted by Gasteiger charge is 2.30. The zero-order valence-electron chi connectivity index (χ0n) is 11.5. The topological polar surface area (TPSA) is 75.4 Å². The van der Waals surface area contributed by atoms with Crippen LogP contribution in [-0.2, 0) is 4.79 Å². The van der Waals surface area contributed by atoms with Crippen molar-refractivity contribution in [3.05, 3.63) is 34.4 Å². The zero-order chi connectivity index (χ0) is 14.2. The molecule has 5 nitrogen and oxygen atoms in total. The lowest BCUT2D eigenvalue weighted by Crippen LogP contribution is -2.37. The highest BCUT2D eigenvalue weighted by Crippen LogP contribution is 2.23. The molecule has 1 aliphatic rings. The van der Waals surface area contributed by atoms with Crippen molar-refractivity contribution in [3.8, 4) is 0 Å². The molecule has 1 aromatic carbocycles. The van der Waals surface area contributed by atoms with Crippen molar-refractivity contribution in [3.63, 3.8) is 0 Å². The Morgan fingerprint density at radius 2 is 1.84 bits per heavy atom. The van der Waals surface area contributed by atoms with Crippen LogP contribution in [0.5, 0.6) is 0 Å². The van der Waals surface area contributed by atoms with Crippen molar-refractivity contribution < 1.29 is 9.59 Å². The second kappa shape index (κ2) is 5.01. The van der Waals surface area contributed by atoms with Gasteiger partial charge in [-0.2, -0.15) is 0 Å². The van der Waals surface area contributed by atoms with Gasteiger partial charge in [-0.15, -0.1) is 0 Å². The molecule has 1 aliphatic heterocycles. The number of hydrogen-bond donors (Lipinski definition) is 2. The van der Waals surface area contributed by atoms with E-state index in [4.69, 9.17) is 5.73 Å². The van der Waals surface area contributed by atoms with Gasteiger partial charge in [-0.3, -0.25) is 9.69 Å². The van der Waals surface area contributed by atoms with Crippen molar-refractivity contribution in [2.75, 3.05) is 13.1 Å². The predicted molar refractivity (Wildman–Crippen MR) is 72.7 cm³/mol. The molecule has 1 fully saturated rings. The fraction of sp³-hybridized carbons (Fsp3) is 0.429. The summed E-state index contributed by atoms with van der Waals surface area (Å²) in [7, 11) is 0. The van der Waals surface area contributed by atoms with Crippen molar-refractivity contribution in [2.45, 2.75) is 26.8 Å². The molecule has 0 bridgehead atoms. The van der Waals surface area contributed by atoms with Crippen LogP contribution in [0.2, 0.25) is 0 Å². The monoisotopic (exact) mass is 261 g/mol. The molecule has 0 saturated carbocycles. The second-order valence-electron chi connectivity index (χ2n) is 5.08. The molecule has 3 N–H and O–H groups in total. The number of nitrogens with one attached hydrogen (secondary N) is 1. The Morgan fingerprint density at radius 3 is 2.32 bits per heavy atom. The van der Waals surface area contributed by atoms with Gasteiger partial charge in [0.1, 0.15) is 0 Å². The first kappa shape index (κ1) is 13.5. The Morgan fingerprint density at radius 1 is 1.26 bits per heavy atom. The van der Waals surface area contributed by atoms with Crippen LogP contribution in [0.3, 0.4) is 0 Å². The van der Waals surface area contributed by atoms with Crippen LogP contribution < -0.4 is 11.1 Å². The number of imide groups is 1. The molecule has 5 heteroatoms. The number of benzene rings is 1. The van der Waals surface area contributed by atoms with Gasteiger partial charge in [-0.25, -0.2) is 4.79 Å². The summed E-state index contributed by atoms with van der Waals surface area (Å²) >= 11 is 0. The van der Waals surface area contributed by atoms with Crippen molar-refractivity contribution in [1.29, 1.82) is 0 Å². The Hall–Kier alpha value is -1.88. The summed E-state index contributed by atoms with van der Waals surface area (Å²) < 4.78 is 0. The number of rotatable bonds is 3.